The molecule has 0 fully saturated rings. The van der Waals surface area contributed by atoms with Crippen LogP contribution < -0.4 is 14.2 Å². The SMILES string of the molecule is CCCCn1c(-c2ccccc2)nc(-c2ccccc2)c1CN(Cc1ccccc1)Cc1c(OC)cc(OC)cc1OC. The Labute approximate surface area is 255 Å². The van der Waals surface area contributed by atoms with Crippen LogP contribution in [-0.2, 0) is 26.2 Å². The minimum Gasteiger partial charge on any atom is -0.496 e. The second kappa shape index (κ2) is 14.6. The average Bonchev–Trinajstić information content (AvgIpc) is 3.42. The Bertz CT molecular complexity index is 1560. The van der Waals surface area contributed by atoms with Crippen molar-refractivity contribution in [3.63, 3.8) is 0 Å². The van der Waals surface area contributed by atoms with Crippen molar-refractivity contribution in [2.45, 2.75) is 45.9 Å². The zero-order chi connectivity index (χ0) is 30.0. The molecule has 0 saturated carbocycles. The molecule has 1 heterocycles. The van der Waals surface area contributed by atoms with Gasteiger partial charge in [0.25, 0.3) is 0 Å². The predicted octanol–water partition coefficient (Wildman–Crippen LogP) is 8.25. The Balaban J connectivity index is 1.65. The monoisotopic (exact) mass is 575 g/mol. The first-order valence-electron chi connectivity index (χ1n) is 14.9. The van der Waals surface area contributed by atoms with E-state index in [-0.39, 0.29) is 0 Å². The molecule has 0 unspecified atom stereocenters. The molecule has 5 aromatic rings. The van der Waals surface area contributed by atoms with E-state index >= 15 is 0 Å². The van der Waals surface area contributed by atoms with Gasteiger partial charge in [0.05, 0.1) is 38.3 Å². The zero-order valence-electron chi connectivity index (χ0n) is 25.6. The molecule has 6 nitrogen and oxygen atoms in total. The van der Waals surface area contributed by atoms with Crippen molar-refractivity contribution in [2.24, 2.45) is 0 Å². The number of nitrogens with zero attached hydrogens (tertiary/aromatic N) is 3. The molecule has 0 N–H and O–H groups in total. The summed E-state index contributed by atoms with van der Waals surface area (Å²) in [6, 6.07) is 35.5. The summed E-state index contributed by atoms with van der Waals surface area (Å²) in [6.07, 6.45) is 2.16. The molecular weight excluding hydrogens is 534 g/mol. The largest absolute Gasteiger partial charge is 0.496 e. The van der Waals surface area contributed by atoms with E-state index in [1.165, 1.54) is 11.3 Å². The second-order valence-corrected chi connectivity index (χ2v) is 10.6. The van der Waals surface area contributed by atoms with Gasteiger partial charge in [-0.15, -0.1) is 0 Å². The lowest BCUT2D eigenvalue weighted by Crippen LogP contribution is -2.25. The van der Waals surface area contributed by atoms with E-state index in [9.17, 15) is 0 Å². The lowest BCUT2D eigenvalue weighted by molar-refractivity contribution is 0.233. The fourth-order valence-corrected chi connectivity index (χ4v) is 5.52. The lowest BCUT2D eigenvalue weighted by Gasteiger charge is -2.26. The summed E-state index contributed by atoms with van der Waals surface area (Å²) in [5.41, 5.74) is 6.66. The van der Waals surface area contributed by atoms with Crippen molar-refractivity contribution in [3.8, 4) is 39.9 Å². The van der Waals surface area contributed by atoms with Crippen molar-refractivity contribution >= 4 is 0 Å². The van der Waals surface area contributed by atoms with Crippen molar-refractivity contribution in [1.82, 2.24) is 14.5 Å². The normalized spacial score (nSPS) is 11.1. The highest BCUT2D eigenvalue weighted by Gasteiger charge is 2.24. The van der Waals surface area contributed by atoms with Gasteiger partial charge in [0.15, 0.2) is 0 Å². The third-order valence-electron chi connectivity index (χ3n) is 7.71. The van der Waals surface area contributed by atoms with Crippen LogP contribution in [0.2, 0.25) is 0 Å². The maximum atomic E-state index is 5.86. The number of hydrogen-bond acceptors (Lipinski definition) is 5. The quantitative estimate of drug-likeness (QED) is 0.133. The number of unbranched alkanes of at least 4 members (excludes halogenated alkanes) is 1. The Kier molecular flexibility index (Phi) is 10.1. The minimum absolute atomic E-state index is 0.610. The maximum Gasteiger partial charge on any atom is 0.140 e. The molecule has 0 spiro atoms. The fraction of sp³-hybridized carbons (Fsp3) is 0.270. The molecule has 0 aliphatic carbocycles. The summed E-state index contributed by atoms with van der Waals surface area (Å²) in [7, 11) is 5.04. The van der Waals surface area contributed by atoms with Gasteiger partial charge in [-0.05, 0) is 12.0 Å². The molecule has 222 valence electrons. The third-order valence-corrected chi connectivity index (χ3v) is 7.71. The first-order valence-corrected chi connectivity index (χ1v) is 14.9. The van der Waals surface area contributed by atoms with Crippen LogP contribution >= 0.6 is 0 Å². The van der Waals surface area contributed by atoms with Crippen LogP contribution in [0.3, 0.4) is 0 Å². The highest BCUT2D eigenvalue weighted by molar-refractivity contribution is 5.68. The van der Waals surface area contributed by atoms with Crippen molar-refractivity contribution in [3.05, 3.63) is 120 Å². The van der Waals surface area contributed by atoms with E-state index in [0.717, 1.165) is 65.6 Å². The zero-order valence-corrected chi connectivity index (χ0v) is 25.6. The molecule has 0 amide bonds. The standard InChI is InChI=1S/C37H41N3O3/c1-5-6-22-40-33(36(29-18-12-8-13-19-29)38-37(40)30-20-14-9-15-21-30)27-39(25-28-16-10-7-11-17-28)26-32-34(42-3)23-31(41-2)24-35(32)43-4/h7-21,23-24H,5-6,22,25-27H2,1-4H3. The second-order valence-electron chi connectivity index (χ2n) is 10.6. The predicted molar refractivity (Wildman–Crippen MR) is 173 cm³/mol. The van der Waals surface area contributed by atoms with Crippen LogP contribution in [0.25, 0.3) is 22.6 Å². The molecule has 6 heteroatoms. The summed E-state index contributed by atoms with van der Waals surface area (Å²) < 4.78 is 19.7. The first kappa shape index (κ1) is 29.9. The van der Waals surface area contributed by atoms with Crippen molar-refractivity contribution < 1.29 is 14.2 Å². The first-order chi connectivity index (χ1) is 21.1. The topological polar surface area (TPSA) is 48.8 Å². The molecule has 1 aromatic heterocycles. The highest BCUT2D eigenvalue weighted by Crippen LogP contribution is 2.37. The number of ether oxygens (including phenoxy) is 3. The maximum absolute atomic E-state index is 5.86. The van der Waals surface area contributed by atoms with E-state index in [1.54, 1.807) is 21.3 Å². The van der Waals surface area contributed by atoms with Crippen LogP contribution in [-0.4, -0.2) is 35.8 Å². The van der Waals surface area contributed by atoms with Gasteiger partial charge < -0.3 is 18.8 Å². The van der Waals surface area contributed by atoms with E-state index in [4.69, 9.17) is 19.2 Å². The van der Waals surface area contributed by atoms with E-state index < -0.39 is 0 Å². The van der Waals surface area contributed by atoms with E-state index in [0.29, 0.717) is 18.8 Å². The summed E-state index contributed by atoms with van der Waals surface area (Å²) in [6.45, 7) is 5.16. The number of aromatic nitrogens is 2. The number of rotatable bonds is 14. The number of benzene rings is 4. The third kappa shape index (κ3) is 7.09. The van der Waals surface area contributed by atoms with Crippen LogP contribution in [0.1, 0.15) is 36.6 Å². The summed E-state index contributed by atoms with van der Waals surface area (Å²) in [4.78, 5) is 7.78. The van der Waals surface area contributed by atoms with Crippen LogP contribution in [0.15, 0.2) is 103 Å². The van der Waals surface area contributed by atoms with Gasteiger partial charge in [-0.1, -0.05) is 104 Å². The number of imidazole rings is 1. The fourth-order valence-electron chi connectivity index (χ4n) is 5.52. The van der Waals surface area contributed by atoms with Gasteiger partial charge in [-0.25, -0.2) is 4.98 Å². The van der Waals surface area contributed by atoms with Crippen LogP contribution in [0.5, 0.6) is 17.2 Å². The van der Waals surface area contributed by atoms with Gasteiger partial charge in [0.1, 0.15) is 23.1 Å². The van der Waals surface area contributed by atoms with Gasteiger partial charge in [-0.2, -0.15) is 0 Å². The minimum atomic E-state index is 0.610. The van der Waals surface area contributed by atoms with Crippen LogP contribution in [0, 0.1) is 0 Å². The van der Waals surface area contributed by atoms with Gasteiger partial charge >= 0.3 is 0 Å². The average molecular weight is 576 g/mol. The van der Waals surface area contributed by atoms with Gasteiger partial charge in [0, 0.05) is 49.4 Å². The molecule has 0 atom stereocenters. The summed E-state index contributed by atoms with van der Waals surface area (Å²) >= 11 is 0. The molecule has 4 aromatic carbocycles. The molecule has 0 aliphatic heterocycles. The van der Waals surface area contributed by atoms with Crippen molar-refractivity contribution in [1.29, 1.82) is 0 Å². The Morgan fingerprint density at radius 1 is 0.674 bits per heavy atom. The Morgan fingerprint density at radius 3 is 1.81 bits per heavy atom. The highest BCUT2D eigenvalue weighted by atomic mass is 16.5. The summed E-state index contributed by atoms with van der Waals surface area (Å²) in [5.74, 6) is 3.18. The molecule has 43 heavy (non-hydrogen) atoms. The van der Waals surface area contributed by atoms with Crippen LogP contribution in [0.4, 0.5) is 0 Å². The van der Waals surface area contributed by atoms with Gasteiger partial charge in [-0.3, -0.25) is 4.90 Å². The number of hydrogen-bond donors (Lipinski definition) is 0. The Hall–Kier alpha value is -4.55. The van der Waals surface area contributed by atoms with Crippen molar-refractivity contribution in [2.75, 3.05) is 21.3 Å². The molecule has 5 rings (SSSR count). The molecular formula is C37H41N3O3. The molecule has 0 saturated heterocycles. The summed E-state index contributed by atoms with van der Waals surface area (Å²) in [5, 5.41) is 0. The lowest BCUT2D eigenvalue weighted by atomic mass is 10.1. The molecule has 0 radical (unpaired) electrons. The Morgan fingerprint density at radius 2 is 1.26 bits per heavy atom. The van der Waals surface area contributed by atoms with E-state index in [1.807, 2.05) is 12.1 Å². The molecule has 0 bridgehead atoms. The molecule has 0 aliphatic rings. The number of methoxy groups -OCH3 is 3. The smallest absolute Gasteiger partial charge is 0.140 e. The van der Waals surface area contributed by atoms with E-state index in [2.05, 4.69) is 107 Å². The van der Waals surface area contributed by atoms with Gasteiger partial charge in [0.2, 0.25) is 0 Å².